The van der Waals surface area contributed by atoms with Gasteiger partial charge in [0.05, 0.1) is 0 Å². The molecule has 0 bridgehead atoms. The van der Waals surface area contributed by atoms with Gasteiger partial charge in [-0.1, -0.05) is 51.5 Å². The lowest BCUT2D eigenvalue weighted by Crippen LogP contribution is -1.96. The maximum Gasteiger partial charge on any atom is -0.0216 e. The molecule has 0 atom stereocenters. The summed E-state index contributed by atoms with van der Waals surface area (Å²) in [4.78, 5) is 0. The Morgan fingerprint density at radius 2 is 2.00 bits per heavy atom. The van der Waals surface area contributed by atoms with Crippen molar-refractivity contribution in [2.45, 2.75) is 47.5 Å². The molecule has 0 N–H and O–H groups in total. The van der Waals surface area contributed by atoms with E-state index in [9.17, 15) is 0 Å². The van der Waals surface area contributed by atoms with E-state index in [1.54, 1.807) is 0 Å². The molecule has 0 radical (unpaired) electrons. The predicted molar refractivity (Wildman–Crippen MR) is 73.7 cm³/mol. The normalized spacial score (nSPS) is 12.2. The van der Waals surface area contributed by atoms with E-state index in [0.717, 1.165) is 0 Å². The van der Waals surface area contributed by atoms with Crippen molar-refractivity contribution >= 4 is 5.57 Å². The summed E-state index contributed by atoms with van der Waals surface area (Å²) >= 11 is 0. The Bertz CT molecular complexity index is 370. The minimum atomic E-state index is 0.599. The van der Waals surface area contributed by atoms with Crippen molar-refractivity contribution < 1.29 is 0 Å². The number of hydrogen-bond donors (Lipinski definition) is 0. The van der Waals surface area contributed by atoms with Gasteiger partial charge in [-0.2, -0.15) is 0 Å². The summed E-state index contributed by atoms with van der Waals surface area (Å²) in [7, 11) is 0. The highest BCUT2D eigenvalue weighted by molar-refractivity contribution is 5.67. The van der Waals surface area contributed by atoms with E-state index in [1.165, 1.54) is 35.1 Å². The minimum Gasteiger partial charge on any atom is -0.0836 e. The van der Waals surface area contributed by atoms with Gasteiger partial charge in [-0.15, -0.1) is 0 Å². The first-order chi connectivity index (χ1) is 7.60. The lowest BCUT2D eigenvalue weighted by Gasteiger charge is -2.14. The van der Waals surface area contributed by atoms with Crippen LogP contribution in [-0.4, -0.2) is 0 Å². The molecule has 0 amide bonds. The molecule has 0 heteroatoms. The quantitative estimate of drug-likeness (QED) is 0.664. The largest absolute Gasteiger partial charge is 0.0836 e. The van der Waals surface area contributed by atoms with Crippen LogP contribution in [-0.2, 0) is 6.42 Å². The zero-order chi connectivity index (χ0) is 12.1. The smallest absolute Gasteiger partial charge is 0.0216 e. The van der Waals surface area contributed by atoms with Gasteiger partial charge in [0.2, 0.25) is 0 Å². The van der Waals surface area contributed by atoms with Gasteiger partial charge in [0.25, 0.3) is 0 Å². The Morgan fingerprint density at radius 1 is 1.31 bits per heavy atom. The van der Waals surface area contributed by atoms with Gasteiger partial charge in [-0.3, -0.25) is 0 Å². The van der Waals surface area contributed by atoms with Crippen LogP contribution >= 0.6 is 0 Å². The second-order valence-electron chi connectivity index (χ2n) is 4.79. The molecule has 0 aliphatic rings. The Morgan fingerprint density at radius 3 is 2.50 bits per heavy atom. The fourth-order valence-electron chi connectivity index (χ4n) is 2.22. The average Bonchev–Trinajstić information content (AvgIpc) is 2.23. The van der Waals surface area contributed by atoms with Crippen molar-refractivity contribution in [1.82, 2.24) is 0 Å². The minimum absolute atomic E-state index is 0.599. The lowest BCUT2D eigenvalue weighted by molar-refractivity contribution is 0.851. The van der Waals surface area contributed by atoms with Crippen LogP contribution in [0, 0.1) is 12.8 Å². The Balaban J connectivity index is 3.11. The molecule has 0 spiro atoms. The third kappa shape index (κ3) is 2.98. The number of hydrogen-bond acceptors (Lipinski definition) is 0. The topological polar surface area (TPSA) is 0 Å². The van der Waals surface area contributed by atoms with Gasteiger partial charge >= 0.3 is 0 Å². The van der Waals surface area contributed by atoms with Gasteiger partial charge < -0.3 is 0 Å². The van der Waals surface area contributed by atoms with Crippen LogP contribution in [0.2, 0.25) is 0 Å². The van der Waals surface area contributed by atoms with Gasteiger partial charge in [0, 0.05) is 0 Å². The number of allylic oxidation sites excluding steroid dienone is 2. The number of rotatable bonds is 4. The first kappa shape index (κ1) is 13.0. The number of benzene rings is 1. The van der Waals surface area contributed by atoms with E-state index in [4.69, 9.17) is 0 Å². The first-order valence-corrected chi connectivity index (χ1v) is 6.36. The molecule has 1 aromatic carbocycles. The molecule has 0 aliphatic carbocycles. The van der Waals surface area contributed by atoms with Crippen molar-refractivity contribution in [1.29, 1.82) is 0 Å². The van der Waals surface area contributed by atoms with Gasteiger partial charge in [0.1, 0.15) is 0 Å². The van der Waals surface area contributed by atoms with Crippen molar-refractivity contribution in [3.05, 3.63) is 41.0 Å². The highest BCUT2D eigenvalue weighted by Crippen LogP contribution is 2.25. The van der Waals surface area contributed by atoms with Crippen molar-refractivity contribution in [2.75, 3.05) is 0 Å². The molecule has 1 aromatic rings. The Hall–Kier alpha value is -1.04. The molecule has 0 saturated carbocycles. The molecule has 0 heterocycles. The van der Waals surface area contributed by atoms with Crippen LogP contribution in [0.5, 0.6) is 0 Å². The van der Waals surface area contributed by atoms with Crippen LogP contribution in [0.1, 0.15) is 50.8 Å². The predicted octanol–water partition coefficient (Wildman–Crippen LogP) is 5.01. The molecule has 0 nitrogen and oxygen atoms in total. The van der Waals surface area contributed by atoms with E-state index >= 15 is 0 Å². The van der Waals surface area contributed by atoms with E-state index in [-0.39, 0.29) is 0 Å². The fraction of sp³-hybridized carbons (Fsp3) is 0.500. The average molecular weight is 216 g/mol. The van der Waals surface area contributed by atoms with Crippen LogP contribution in [0.15, 0.2) is 24.3 Å². The molecule has 0 unspecified atom stereocenters. The van der Waals surface area contributed by atoms with Crippen molar-refractivity contribution in [2.24, 2.45) is 5.92 Å². The van der Waals surface area contributed by atoms with Crippen LogP contribution in [0.3, 0.4) is 0 Å². The van der Waals surface area contributed by atoms with E-state index < -0.39 is 0 Å². The molecule has 88 valence electrons. The van der Waals surface area contributed by atoms with E-state index in [2.05, 4.69) is 58.9 Å². The zero-order valence-electron chi connectivity index (χ0n) is 11.3. The van der Waals surface area contributed by atoms with Gasteiger partial charge in [-0.05, 0) is 48.4 Å². The Labute approximate surface area is 100 Å². The standard InChI is InChI=1S/C16H24/c1-6-8-14-11-15(10-9-13(14)5)16(7-2)12(3)4/h7,9-12H,6,8H2,1-5H3/b16-7-. The molecular weight excluding hydrogens is 192 g/mol. The SMILES string of the molecule is C/C=C(\c1ccc(C)c(CCC)c1)C(C)C. The lowest BCUT2D eigenvalue weighted by atomic mass is 9.91. The summed E-state index contributed by atoms with van der Waals surface area (Å²) in [6.07, 6.45) is 4.65. The second kappa shape index (κ2) is 5.89. The van der Waals surface area contributed by atoms with Crippen LogP contribution in [0.4, 0.5) is 0 Å². The highest BCUT2D eigenvalue weighted by Gasteiger charge is 2.07. The third-order valence-electron chi connectivity index (χ3n) is 3.13. The summed E-state index contributed by atoms with van der Waals surface area (Å²) in [5.41, 5.74) is 5.77. The van der Waals surface area contributed by atoms with E-state index in [0.29, 0.717) is 5.92 Å². The second-order valence-corrected chi connectivity index (χ2v) is 4.79. The molecule has 0 aliphatic heterocycles. The van der Waals surface area contributed by atoms with Gasteiger partial charge in [0.15, 0.2) is 0 Å². The Kier molecular flexibility index (Phi) is 4.79. The van der Waals surface area contributed by atoms with Crippen molar-refractivity contribution in [3.8, 4) is 0 Å². The third-order valence-corrected chi connectivity index (χ3v) is 3.13. The maximum atomic E-state index is 2.37. The number of aryl methyl sites for hydroxylation is 2. The molecule has 0 aromatic heterocycles. The van der Waals surface area contributed by atoms with E-state index in [1.807, 2.05) is 0 Å². The summed E-state index contributed by atoms with van der Waals surface area (Å²) in [6, 6.07) is 6.88. The fourth-order valence-corrected chi connectivity index (χ4v) is 2.22. The molecule has 1 rings (SSSR count). The zero-order valence-corrected chi connectivity index (χ0v) is 11.3. The first-order valence-electron chi connectivity index (χ1n) is 6.36. The summed E-state index contributed by atoms with van der Waals surface area (Å²) < 4.78 is 0. The van der Waals surface area contributed by atoms with Crippen LogP contribution in [0.25, 0.3) is 5.57 Å². The van der Waals surface area contributed by atoms with Crippen LogP contribution < -0.4 is 0 Å². The maximum absolute atomic E-state index is 2.37. The molecular formula is C16H24. The summed E-state index contributed by atoms with van der Waals surface area (Å²) in [5, 5.41) is 0. The highest BCUT2D eigenvalue weighted by atomic mass is 14.1. The molecule has 0 fully saturated rings. The molecule has 16 heavy (non-hydrogen) atoms. The van der Waals surface area contributed by atoms with Crippen molar-refractivity contribution in [3.63, 3.8) is 0 Å². The van der Waals surface area contributed by atoms with Gasteiger partial charge in [-0.25, -0.2) is 0 Å². The summed E-state index contributed by atoms with van der Waals surface area (Å²) in [5.74, 6) is 0.599. The molecule has 0 saturated heterocycles. The summed E-state index contributed by atoms with van der Waals surface area (Å²) in [6.45, 7) is 11.1. The monoisotopic (exact) mass is 216 g/mol.